The van der Waals surface area contributed by atoms with Gasteiger partial charge in [0.2, 0.25) is 0 Å². The first-order valence-corrected chi connectivity index (χ1v) is 6.76. The van der Waals surface area contributed by atoms with Gasteiger partial charge in [0.1, 0.15) is 13.2 Å². The Bertz CT molecular complexity index is 497. The maximum Gasteiger partial charge on any atom is 0.330 e. The van der Waals surface area contributed by atoms with Gasteiger partial charge < -0.3 is 10.1 Å². The van der Waals surface area contributed by atoms with E-state index in [1.165, 1.54) is 0 Å². The van der Waals surface area contributed by atoms with Gasteiger partial charge in [-0.15, -0.1) is 0 Å². The Balaban J connectivity index is 2.02. The summed E-state index contributed by atoms with van der Waals surface area (Å²) in [5.41, 5.74) is 2.73. The third kappa shape index (κ3) is 3.88. The third-order valence-electron chi connectivity index (χ3n) is 3.15. The highest BCUT2D eigenvalue weighted by Gasteiger charge is 2.41. The summed E-state index contributed by atoms with van der Waals surface area (Å²) >= 11 is 0. The predicted molar refractivity (Wildman–Crippen MR) is 67.2 cm³/mol. The van der Waals surface area contributed by atoms with Gasteiger partial charge in [0.15, 0.2) is 5.82 Å². The molecule has 0 saturated carbocycles. The minimum absolute atomic E-state index is 0.256. The van der Waals surface area contributed by atoms with Crippen molar-refractivity contribution in [2.45, 2.75) is 51.8 Å². The number of halogens is 4. The fourth-order valence-electron chi connectivity index (χ4n) is 2.14. The molecule has 0 bridgehead atoms. The van der Waals surface area contributed by atoms with E-state index in [1.54, 1.807) is 0 Å². The number of nitrogens with zero attached hydrogens (tertiary/aromatic N) is 2. The summed E-state index contributed by atoms with van der Waals surface area (Å²) in [6.45, 7) is 1.65. The molecular formula is C13H17F4N3O. The molecule has 118 valence electrons. The molecule has 0 radical (unpaired) electrons. The zero-order valence-electron chi connectivity index (χ0n) is 11.6. The van der Waals surface area contributed by atoms with E-state index in [9.17, 15) is 17.6 Å². The van der Waals surface area contributed by atoms with Crippen molar-refractivity contribution in [3.05, 3.63) is 22.8 Å². The molecule has 2 heterocycles. The zero-order chi connectivity index (χ0) is 15.5. The predicted octanol–water partition coefficient (Wildman–Crippen LogP) is 2.45. The standard InChI is InChI=1S/C13H17F4N3O/c1-2-3-9-8-4-18-5-10(8)20-11(19-9)6-21-7-13(16,17)12(14)15/h12,18H,2-7H2,1H3. The lowest BCUT2D eigenvalue weighted by atomic mass is 10.1. The van der Waals surface area contributed by atoms with E-state index in [4.69, 9.17) is 0 Å². The summed E-state index contributed by atoms with van der Waals surface area (Å²) in [6.07, 6.45) is -2.08. The van der Waals surface area contributed by atoms with Crippen molar-refractivity contribution in [3.8, 4) is 0 Å². The van der Waals surface area contributed by atoms with Crippen LogP contribution in [-0.4, -0.2) is 28.9 Å². The van der Waals surface area contributed by atoms with Gasteiger partial charge in [-0.05, 0) is 6.42 Å². The van der Waals surface area contributed by atoms with Gasteiger partial charge in [-0.2, -0.15) is 8.78 Å². The normalized spacial score (nSPS) is 14.8. The van der Waals surface area contributed by atoms with Crippen molar-refractivity contribution in [1.29, 1.82) is 0 Å². The van der Waals surface area contributed by atoms with Crippen molar-refractivity contribution >= 4 is 0 Å². The second-order valence-corrected chi connectivity index (χ2v) is 4.92. The van der Waals surface area contributed by atoms with Crippen LogP contribution < -0.4 is 5.32 Å². The molecule has 21 heavy (non-hydrogen) atoms. The summed E-state index contributed by atoms with van der Waals surface area (Å²) in [7, 11) is 0. The fourth-order valence-corrected chi connectivity index (χ4v) is 2.14. The van der Waals surface area contributed by atoms with Crippen molar-refractivity contribution in [2.24, 2.45) is 0 Å². The van der Waals surface area contributed by atoms with Crippen LogP contribution in [0, 0.1) is 0 Å². The first kappa shape index (κ1) is 16.1. The highest BCUT2D eigenvalue weighted by Crippen LogP contribution is 2.23. The number of hydrogen-bond acceptors (Lipinski definition) is 4. The summed E-state index contributed by atoms with van der Waals surface area (Å²) in [6, 6.07) is 0. The van der Waals surface area contributed by atoms with Crippen LogP contribution in [0.25, 0.3) is 0 Å². The van der Waals surface area contributed by atoms with Crippen LogP contribution in [0.15, 0.2) is 0 Å². The van der Waals surface area contributed by atoms with Crippen LogP contribution in [-0.2, 0) is 30.9 Å². The van der Waals surface area contributed by atoms with Gasteiger partial charge in [0.25, 0.3) is 0 Å². The Morgan fingerprint density at radius 1 is 1.29 bits per heavy atom. The third-order valence-corrected chi connectivity index (χ3v) is 3.15. The van der Waals surface area contributed by atoms with E-state index in [1.807, 2.05) is 6.92 Å². The molecule has 1 aliphatic rings. The number of aromatic nitrogens is 2. The van der Waals surface area contributed by atoms with Gasteiger partial charge in [-0.1, -0.05) is 13.3 Å². The minimum atomic E-state index is -4.15. The molecular weight excluding hydrogens is 290 g/mol. The Morgan fingerprint density at radius 2 is 2.05 bits per heavy atom. The molecule has 1 aromatic heterocycles. The summed E-state index contributed by atoms with van der Waals surface area (Å²) < 4.78 is 54.2. The van der Waals surface area contributed by atoms with E-state index < -0.39 is 19.0 Å². The second kappa shape index (κ2) is 6.65. The summed E-state index contributed by atoms with van der Waals surface area (Å²) in [4.78, 5) is 8.52. The first-order valence-electron chi connectivity index (χ1n) is 6.76. The van der Waals surface area contributed by atoms with E-state index >= 15 is 0 Å². The quantitative estimate of drug-likeness (QED) is 0.786. The second-order valence-electron chi connectivity index (χ2n) is 4.92. The molecule has 0 aromatic carbocycles. The number of hydrogen-bond donors (Lipinski definition) is 1. The average molecular weight is 307 g/mol. The van der Waals surface area contributed by atoms with E-state index in [-0.39, 0.29) is 12.4 Å². The van der Waals surface area contributed by atoms with Crippen molar-refractivity contribution < 1.29 is 22.3 Å². The molecule has 1 aliphatic heterocycles. The van der Waals surface area contributed by atoms with Gasteiger partial charge in [0.05, 0.1) is 5.69 Å². The van der Waals surface area contributed by atoms with Crippen LogP contribution in [0.2, 0.25) is 0 Å². The Labute approximate surface area is 119 Å². The molecule has 1 aromatic rings. The average Bonchev–Trinajstić information content (AvgIpc) is 2.87. The Morgan fingerprint density at radius 3 is 2.71 bits per heavy atom. The number of fused-ring (bicyclic) bond motifs is 1. The highest BCUT2D eigenvalue weighted by molar-refractivity contribution is 5.29. The molecule has 0 spiro atoms. The van der Waals surface area contributed by atoms with Gasteiger partial charge in [0, 0.05) is 24.3 Å². The molecule has 0 amide bonds. The molecule has 0 aliphatic carbocycles. The summed E-state index contributed by atoms with van der Waals surface area (Å²) in [5.74, 6) is -3.89. The van der Waals surface area contributed by atoms with Crippen molar-refractivity contribution in [3.63, 3.8) is 0 Å². The smallest absolute Gasteiger partial charge is 0.330 e. The van der Waals surface area contributed by atoms with Crippen LogP contribution >= 0.6 is 0 Å². The van der Waals surface area contributed by atoms with E-state index in [2.05, 4.69) is 20.0 Å². The highest BCUT2D eigenvalue weighted by atomic mass is 19.3. The molecule has 0 unspecified atom stereocenters. The number of rotatable bonds is 7. The maximum atomic E-state index is 12.7. The number of ether oxygens (including phenoxy) is 1. The summed E-state index contributed by atoms with van der Waals surface area (Å²) in [5, 5.41) is 3.15. The van der Waals surface area contributed by atoms with Crippen molar-refractivity contribution in [1.82, 2.24) is 15.3 Å². The monoisotopic (exact) mass is 307 g/mol. The van der Waals surface area contributed by atoms with Gasteiger partial charge in [-0.25, -0.2) is 18.7 Å². The Hall–Kier alpha value is -1.28. The molecule has 1 N–H and O–H groups in total. The van der Waals surface area contributed by atoms with Gasteiger partial charge >= 0.3 is 12.3 Å². The molecule has 0 atom stereocenters. The lowest BCUT2D eigenvalue weighted by Crippen LogP contribution is -2.32. The topological polar surface area (TPSA) is 47.0 Å². The zero-order valence-corrected chi connectivity index (χ0v) is 11.6. The maximum absolute atomic E-state index is 12.7. The van der Waals surface area contributed by atoms with Gasteiger partial charge in [-0.3, -0.25) is 0 Å². The number of aryl methyl sites for hydroxylation is 1. The molecule has 8 heteroatoms. The minimum Gasteiger partial charge on any atom is -0.367 e. The van der Waals surface area contributed by atoms with E-state index in [0.29, 0.717) is 13.1 Å². The number of alkyl halides is 4. The lowest BCUT2D eigenvalue weighted by Gasteiger charge is -2.15. The molecule has 4 nitrogen and oxygen atoms in total. The van der Waals surface area contributed by atoms with Crippen LogP contribution in [0.5, 0.6) is 0 Å². The lowest BCUT2D eigenvalue weighted by molar-refractivity contribution is -0.168. The number of nitrogens with one attached hydrogen (secondary N) is 1. The van der Waals surface area contributed by atoms with Crippen molar-refractivity contribution in [2.75, 3.05) is 6.61 Å². The van der Waals surface area contributed by atoms with Crippen LogP contribution in [0.1, 0.15) is 36.1 Å². The molecule has 2 rings (SSSR count). The van der Waals surface area contributed by atoms with Crippen LogP contribution in [0.3, 0.4) is 0 Å². The molecule has 0 saturated heterocycles. The van der Waals surface area contributed by atoms with Crippen LogP contribution in [0.4, 0.5) is 17.6 Å². The first-order chi connectivity index (χ1) is 9.94. The van der Waals surface area contributed by atoms with E-state index in [0.717, 1.165) is 29.8 Å². The molecule has 0 fully saturated rings. The SMILES string of the molecule is CCCc1nc(COCC(F)(F)C(F)F)nc2c1CNC2. The largest absolute Gasteiger partial charge is 0.367 e. The Kier molecular flexibility index (Phi) is 5.10. The fraction of sp³-hybridized carbons (Fsp3) is 0.692.